The van der Waals surface area contributed by atoms with E-state index in [0.717, 1.165) is 12.1 Å². The summed E-state index contributed by atoms with van der Waals surface area (Å²) in [5.74, 6) is 0.0821. The summed E-state index contributed by atoms with van der Waals surface area (Å²) in [4.78, 5) is 19.6. The quantitative estimate of drug-likeness (QED) is 0.857. The zero-order chi connectivity index (χ0) is 13.1. The average Bonchev–Trinajstić information content (AvgIpc) is 2.70. The minimum Gasteiger partial charge on any atom is -0.305 e. The van der Waals surface area contributed by atoms with Crippen LogP contribution in [-0.2, 0) is 13.5 Å². The van der Waals surface area contributed by atoms with Gasteiger partial charge in [-0.05, 0) is 30.2 Å². The number of carbonyl (C=O) groups excluding carboxylic acids is 1. The summed E-state index contributed by atoms with van der Waals surface area (Å²) >= 11 is 5.64. The molecule has 1 amide bonds. The molecule has 0 saturated carbocycles. The maximum Gasteiger partial charge on any atom is 0.275 e. The lowest BCUT2D eigenvalue weighted by molar-refractivity contribution is 0.101. The van der Waals surface area contributed by atoms with Crippen LogP contribution in [0.15, 0.2) is 18.3 Å². The van der Waals surface area contributed by atoms with Gasteiger partial charge < -0.3 is 5.32 Å². The highest BCUT2D eigenvalue weighted by atomic mass is 35.5. The van der Waals surface area contributed by atoms with Gasteiger partial charge in [-0.1, -0.05) is 6.92 Å². The van der Waals surface area contributed by atoms with Gasteiger partial charge in [0.05, 0.1) is 5.69 Å². The molecule has 0 aromatic carbocycles. The van der Waals surface area contributed by atoms with E-state index in [0.29, 0.717) is 11.5 Å². The molecule has 2 rings (SSSR count). The molecule has 0 atom stereocenters. The fourth-order valence-electron chi connectivity index (χ4n) is 1.50. The van der Waals surface area contributed by atoms with Crippen molar-refractivity contribution in [3.63, 3.8) is 0 Å². The second-order valence-corrected chi connectivity index (χ2v) is 4.00. The van der Waals surface area contributed by atoms with E-state index in [4.69, 9.17) is 11.6 Å². The molecule has 2 aromatic heterocycles. The minimum absolute atomic E-state index is 0.0899. The molecule has 0 aliphatic heterocycles. The summed E-state index contributed by atoms with van der Waals surface area (Å²) in [6, 6.07) is 3.32. The Balaban J connectivity index is 2.19. The minimum atomic E-state index is -0.278. The van der Waals surface area contributed by atoms with Crippen LogP contribution in [0.4, 0.5) is 5.82 Å². The fraction of sp³-hybridized carbons (Fsp3) is 0.273. The maximum atomic E-state index is 12.0. The highest BCUT2D eigenvalue weighted by Gasteiger charge is 2.13. The van der Waals surface area contributed by atoms with Gasteiger partial charge in [-0.15, -0.1) is 0 Å². The molecule has 0 fully saturated rings. The molecule has 0 aliphatic rings. The molecule has 0 spiro atoms. The Morgan fingerprint density at radius 2 is 2.33 bits per heavy atom. The van der Waals surface area contributed by atoms with Crippen molar-refractivity contribution in [1.29, 1.82) is 0 Å². The van der Waals surface area contributed by atoms with Gasteiger partial charge >= 0.3 is 0 Å². The SMILES string of the molecule is CCc1cc(C(=O)Nc2ccnc(Cl)n2)n(C)n1. The third kappa shape index (κ3) is 2.65. The number of aromatic nitrogens is 4. The largest absolute Gasteiger partial charge is 0.305 e. The predicted octanol–water partition coefficient (Wildman–Crippen LogP) is 1.68. The number of aryl methyl sites for hydroxylation is 2. The first kappa shape index (κ1) is 12.5. The zero-order valence-corrected chi connectivity index (χ0v) is 10.8. The van der Waals surface area contributed by atoms with Gasteiger partial charge in [0.2, 0.25) is 5.28 Å². The van der Waals surface area contributed by atoms with Crippen molar-refractivity contribution in [2.45, 2.75) is 13.3 Å². The third-order valence-electron chi connectivity index (χ3n) is 2.39. The van der Waals surface area contributed by atoms with Crippen LogP contribution in [-0.4, -0.2) is 25.7 Å². The Morgan fingerprint density at radius 1 is 1.56 bits per heavy atom. The molecular weight excluding hydrogens is 254 g/mol. The van der Waals surface area contributed by atoms with E-state index in [1.165, 1.54) is 10.9 Å². The van der Waals surface area contributed by atoms with E-state index in [2.05, 4.69) is 20.4 Å². The summed E-state index contributed by atoms with van der Waals surface area (Å²) in [5, 5.41) is 6.94. The number of carbonyl (C=O) groups is 1. The first-order valence-electron chi connectivity index (χ1n) is 5.43. The van der Waals surface area contributed by atoms with Crippen LogP contribution in [0.2, 0.25) is 5.28 Å². The molecular formula is C11H12ClN5O. The Hall–Kier alpha value is -1.95. The molecule has 0 radical (unpaired) electrons. The summed E-state index contributed by atoms with van der Waals surface area (Å²) in [6.07, 6.45) is 2.26. The molecule has 6 nitrogen and oxygen atoms in total. The summed E-state index contributed by atoms with van der Waals surface area (Å²) in [7, 11) is 1.72. The van der Waals surface area contributed by atoms with Gasteiger partial charge in [-0.3, -0.25) is 9.48 Å². The molecule has 0 aliphatic carbocycles. The van der Waals surface area contributed by atoms with Crippen LogP contribution < -0.4 is 5.32 Å². The number of nitrogens with one attached hydrogen (secondary N) is 1. The number of hydrogen-bond acceptors (Lipinski definition) is 4. The standard InChI is InChI=1S/C11H12ClN5O/c1-3-7-6-8(17(2)16-7)10(18)14-9-4-5-13-11(12)15-9/h4-6H,3H2,1-2H3,(H,13,14,15,18). The molecule has 1 N–H and O–H groups in total. The van der Waals surface area contributed by atoms with Crippen LogP contribution in [0.3, 0.4) is 0 Å². The number of amides is 1. The molecule has 2 aromatic rings. The van der Waals surface area contributed by atoms with Gasteiger partial charge in [0.15, 0.2) is 0 Å². The van der Waals surface area contributed by atoms with Gasteiger partial charge in [-0.25, -0.2) is 9.97 Å². The van der Waals surface area contributed by atoms with Crippen LogP contribution >= 0.6 is 11.6 Å². The van der Waals surface area contributed by atoms with Crippen LogP contribution in [0, 0.1) is 0 Å². The summed E-state index contributed by atoms with van der Waals surface area (Å²) in [5.41, 5.74) is 1.34. The van der Waals surface area contributed by atoms with Gasteiger partial charge in [0.1, 0.15) is 11.5 Å². The van der Waals surface area contributed by atoms with E-state index in [9.17, 15) is 4.79 Å². The first-order valence-corrected chi connectivity index (χ1v) is 5.80. The van der Waals surface area contributed by atoms with E-state index in [1.807, 2.05) is 6.92 Å². The number of anilines is 1. The second-order valence-electron chi connectivity index (χ2n) is 3.66. The molecule has 0 saturated heterocycles. The summed E-state index contributed by atoms with van der Waals surface area (Å²) in [6.45, 7) is 1.98. The van der Waals surface area contributed by atoms with E-state index >= 15 is 0 Å². The first-order chi connectivity index (χ1) is 8.60. The Kier molecular flexibility index (Phi) is 3.57. The fourth-order valence-corrected chi connectivity index (χ4v) is 1.64. The van der Waals surface area contributed by atoms with E-state index < -0.39 is 0 Å². The number of hydrogen-bond donors (Lipinski definition) is 1. The zero-order valence-electron chi connectivity index (χ0n) is 10.0. The maximum absolute atomic E-state index is 12.0. The summed E-state index contributed by atoms with van der Waals surface area (Å²) < 4.78 is 1.54. The van der Waals surface area contributed by atoms with Crippen molar-refractivity contribution < 1.29 is 4.79 Å². The molecule has 18 heavy (non-hydrogen) atoms. The highest BCUT2D eigenvalue weighted by molar-refractivity contribution is 6.28. The average molecular weight is 266 g/mol. The molecule has 0 unspecified atom stereocenters. The second kappa shape index (κ2) is 5.14. The Labute approximate surface area is 109 Å². The number of nitrogens with zero attached hydrogens (tertiary/aromatic N) is 4. The molecule has 2 heterocycles. The van der Waals surface area contributed by atoms with Crippen molar-refractivity contribution in [2.75, 3.05) is 5.32 Å². The lowest BCUT2D eigenvalue weighted by Gasteiger charge is -2.03. The Morgan fingerprint density at radius 3 is 2.94 bits per heavy atom. The van der Waals surface area contributed by atoms with Crippen molar-refractivity contribution >= 4 is 23.3 Å². The number of halogens is 1. The Bertz CT molecular complexity index is 581. The van der Waals surface area contributed by atoms with Gasteiger partial charge in [-0.2, -0.15) is 5.10 Å². The van der Waals surface area contributed by atoms with Crippen molar-refractivity contribution in [3.8, 4) is 0 Å². The monoisotopic (exact) mass is 265 g/mol. The molecule has 7 heteroatoms. The van der Waals surface area contributed by atoms with Gasteiger partial charge in [0, 0.05) is 13.2 Å². The lowest BCUT2D eigenvalue weighted by Crippen LogP contribution is -2.16. The van der Waals surface area contributed by atoms with E-state index in [1.54, 1.807) is 19.2 Å². The molecule has 94 valence electrons. The van der Waals surface area contributed by atoms with Crippen LogP contribution in [0.5, 0.6) is 0 Å². The van der Waals surface area contributed by atoms with Crippen molar-refractivity contribution in [1.82, 2.24) is 19.7 Å². The third-order valence-corrected chi connectivity index (χ3v) is 2.58. The van der Waals surface area contributed by atoms with Crippen molar-refractivity contribution in [2.24, 2.45) is 7.05 Å². The van der Waals surface area contributed by atoms with Gasteiger partial charge in [0.25, 0.3) is 5.91 Å². The highest BCUT2D eigenvalue weighted by Crippen LogP contribution is 2.09. The van der Waals surface area contributed by atoms with Crippen molar-refractivity contribution in [3.05, 3.63) is 35.0 Å². The lowest BCUT2D eigenvalue weighted by atomic mass is 10.3. The van der Waals surface area contributed by atoms with Crippen LogP contribution in [0.25, 0.3) is 0 Å². The molecule has 0 bridgehead atoms. The van der Waals surface area contributed by atoms with E-state index in [-0.39, 0.29) is 11.2 Å². The predicted molar refractivity (Wildman–Crippen MR) is 67.6 cm³/mol. The number of rotatable bonds is 3. The smallest absolute Gasteiger partial charge is 0.275 e. The normalized spacial score (nSPS) is 10.4. The van der Waals surface area contributed by atoms with Crippen LogP contribution in [0.1, 0.15) is 23.1 Å². The topological polar surface area (TPSA) is 72.7 Å².